The minimum Gasteiger partial charge on any atom is -0.509 e. The first-order valence-electron chi connectivity index (χ1n) is 26.8. The van der Waals surface area contributed by atoms with Gasteiger partial charge in [-0.3, -0.25) is 0 Å². The molecule has 0 saturated heterocycles. The Hall–Kier alpha value is -6.68. The molecule has 0 aliphatic carbocycles. The second-order valence-corrected chi connectivity index (χ2v) is 24.3. The van der Waals surface area contributed by atoms with Gasteiger partial charge >= 0.3 is 0 Å². The summed E-state index contributed by atoms with van der Waals surface area (Å²) in [6.45, 7) is 34.3. The van der Waals surface area contributed by atoms with Gasteiger partial charge < -0.3 is 19.1 Å². The summed E-state index contributed by atoms with van der Waals surface area (Å²) in [4.78, 5) is 9.66. The molecule has 3 heterocycles. The second kappa shape index (κ2) is 20.7. The number of fused-ring (bicyclic) bond motifs is 3. The van der Waals surface area contributed by atoms with Crippen LogP contribution in [0.4, 0.5) is 11.4 Å². The molecule has 7 aromatic carbocycles. The van der Waals surface area contributed by atoms with Gasteiger partial charge in [-0.05, 0) is 104 Å². The topological polar surface area (TPSA) is 33.5 Å². The Morgan fingerprint density at radius 3 is 1.78 bits per heavy atom. The minimum absolute atomic E-state index is 0. The van der Waals surface area contributed by atoms with Gasteiger partial charge in [-0.1, -0.05) is 217 Å². The molecule has 0 N–H and O–H groups in total. The standard InChI is InChI=1S/C70H73N4O.Pt/c1-46(2)57-32-24-33-58(47(3)4)65(57)48-37-54(73-45-72(44-63(73)68(8,9)10)53-30-23-29-52(39-53)69(11,12)49-25-17-15-18-26-49)41-55(38-48)75-56-42-60(70(13,14)50-27-19-16-20-28-50)66-59-31-21-22-34-61(59)74(62(66)43-56)64-40-51(35-36-71-64)67(5,6)7;/h15-40,42,44-47H,1-14H3;/q-3;. The molecule has 0 atom stereocenters. The molecule has 1 aliphatic rings. The molecule has 9 aromatic rings. The van der Waals surface area contributed by atoms with E-state index >= 15 is 0 Å². The molecule has 5 nitrogen and oxygen atoms in total. The van der Waals surface area contributed by atoms with E-state index in [1.165, 1.54) is 38.9 Å². The molecule has 0 saturated carbocycles. The predicted octanol–water partition coefficient (Wildman–Crippen LogP) is 18.8. The van der Waals surface area contributed by atoms with Crippen LogP contribution in [-0.2, 0) is 37.3 Å². The Balaban J connectivity index is 0.00000706. The summed E-state index contributed by atoms with van der Waals surface area (Å²) >= 11 is 0. The van der Waals surface area contributed by atoms with Gasteiger partial charge in [0.2, 0.25) is 0 Å². The fourth-order valence-corrected chi connectivity index (χ4v) is 11.0. The van der Waals surface area contributed by atoms with Crippen molar-refractivity contribution >= 4 is 33.2 Å². The summed E-state index contributed by atoms with van der Waals surface area (Å²) in [5.41, 5.74) is 15.2. The molecule has 0 bridgehead atoms. The first-order chi connectivity index (χ1) is 35.6. The Kier molecular flexibility index (Phi) is 14.7. The molecule has 0 radical (unpaired) electrons. The molecule has 76 heavy (non-hydrogen) atoms. The maximum Gasteiger partial charge on any atom is 0.135 e. The molecular formula is C70H73N4OPt-3. The van der Waals surface area contributed by atoms with Crippen LogP contribution in [0.5, 0.6) is 11.5 Å². The van der Waals surface area contributed by atoms with E-state index in [0.29, 0.717) is 11.5 Å². The van der Waals surface area contributed by atoms with Crippen LogP contribution in [0.3, 0.4) is 0 Å². The molecule has 6 heteroatoms. The Labute approximate surface area is 467 Å². The largest absolute Gasteiger partial charge is 0.509 e. The van der Waals surface area contributed by atoms with Crippen molar-refractivity contribution in [3.8, 4) is 28.4 Å². The Morgan fingerprint density at radius 2 is 1.14 bits per heavy atom. The number of anilines is 2. The fraction of sp³-hybridized carbons (Fsp3) is 0.286. The fourth-order valence-electron chi connectivity index (χ4n) is 11.0. The van der Waals surface area contributed by atoms with Crippen LogP contribution in [0.2, 0.25) is 0 Å². The monoisotopic (exact) mass is 1180 g/mol. The van der Waals surface area contributed by atoms with E-state index in [-0.39, 0.29) is 49.1 Å². The van der Waals surface area contributed by atoms with Crippen LogP contribution in [-0.4, -0.2) is 9.55 Å². The summed E-state index contributed by atoms with van der Waals surface area (Å²) in [6.07, 6.45) is 4.23. The van der Waals surface area contributed by atoms with Gasteiger partial charge in [-0.15, -0.1) is 53.8 Å². The van der Waals surface area contributed by atoms with E-state index < -0.39 is 5.41 Å². The molecule has 392 valence electrons. The van der Waals surface area contributed by atoms with Gasteiger partial charge in [0.15, 0.2) is 0 Å². The van der Waals surface area contributed by atoms with Crippen molar-refractivity contribution in [3.05, 3.63) is 234 Å². The first-order valence-corrected chi connectivity index (χ1v) is 26.8. The molecule has 0 unspecified atom stereocenters. The Bertz CT molecular complexity index is 3560. The van der Waals surface area contributed by atoms with Gasteiger partial charge in [-0.2, -0.15) is 0 Å². The van der Waals surface area contributed by atoms with Crippen molar-refractivity contribution in [1.82, 2.24) is 9.55 Å². The molecule has 2 aromatic heterocycles. The predicted molar refractivity (Wildman–Crippen MR) is 315 cm³/mol. The number of nitrogens with zero attached hydrogens (tertiary/aromatic N) is 4. The van der Waals surface area contributed by atoms with Crippen LogP contribution >= 0.6 is 0 Å². The number of hydrogen-bond donors (Lipinski definition) is 0. The number of ether oxygens (including phenoxy) is 1. The van der Waals surface area contributed by atoms with E-state index in [9.17, 15) is 0 Å². The van der Waals surface area contributed by atoms with Crippen LogP contribution < -0.4 is 14.5 Å². The van der Waals surface area contributed by atoms with Crippen LogP contribution in [0.1, 0.15) is 148 Å². The number of allylic oxidation sites excluding steroid dienone is 1. The van der Waals surface area contributed by atoms with Crippen molar-refractivity contribution in [2.45, 2.75) is 125 Å². The summed E-state index contributed by atoms with van der Waals surface area (Å²) in [6, 6.07) is 64.9. The summed E-state index contributed by atoms with van der Waals surface area (Å²) in [5.74, 6) is 2.63. The van der Waals surface area contributed by atoms with Crippen LogP contribution in [0, 0.1) is 24.2 Å². The van der Waals surface area contributed by atoms with E-state index in [0.717, 1.165) is 55.8 Å². The molecule has 0 spiro atoms. The summed E-state index contributed by atoms with van der Waals surface area (Å²) in [7, 11) is 0. The van der Waals surface area contributed by atoms with Crippen LogP contribution in [0.15, 0.2) is 176 Å². The van der Waals surface area contributed by atoms with Gasteiger partial charge in [0.1, 0.15) is 5.82 Å². The SMILES string of the molecule is CC(C)c1cccc(C(C)C)c1-c1cc(Oc2[c-]c3c(c(C(C)(C)c4ccccc4)c2)c2ccccc2n3-c2cc(C(C)(C)C)ccn2)[c-]c(N2[CH-]N(c3cccc(C(C)(C)c4ccccc4)c3)C=C2C(C)(C)C)c1.[Pt]. The second-order valence-electron chi connectivity index (χ2n) is 24.3. The number of rotatable bonds is 12. The van der Waals surface area contributed by atoms with Crippen molar-refractivity contribution in [2.75, 3.05) is 9.80 Å². The van der Waals surface area contributed by atoms with Crippen molar-refractivity contribution < 1.29 is 25.8 Å². The van der Waals surface area contributed by atoms with E-state index in [1.807, 2.05) is 6.20 Å². The third kappa shape index (κ3) is 10.2. The molecule has 10 rings (SSSR count). The number of para-hydroxylation sites is 1. The van der Waals surface area contributed by atoms with Crippen molar-refractivity contribution in [2.24, 2.45) is 5.41 Å². The van der Waals surface area contributed by atoms with Crippen molar-refractivity contribution in [3.63, 3.8) is 0 Å². The van der Waals surface area contributed by atoms with Gasteiger partial charge in [0.25, 0.3) is 0 Å². The summed E-state index contributed by atoms with van der Waals surface area (Å²) in [5, 5.41) is 2.27. The first kappa shape index (κ1) is 54.1. The zero-order valence-corrected chi connectivity index (χ0v) is 49.2. The molecular weight excluding hydrogens is 1110 g/mol. The quantitative estimate of drug-likeness (QED) is 0.114. The maximum absolute atomic E-state index is 7.40. The van der Waals surface area contributed by atoms with Crippen LogP contribution in [0.25, 0.3) is 38.8 Å². The van der Waals surface area contributed by atoms with Gasteiger partial charge in [0.05, 0.1) is 0 Å². The van der Waals surface area contributed by atoms with E-state index in [4.69, 9.17) is 9.72 Å². The number of aromatic nitrogens is 2. The van der Waals surface area contributed by atoms with E-state index in [1.54, 1.807) is 0 Å². The minimum atomic E-state index is -0.435. The van der Waals surface area contributed by atoms with Gasteiger partial charge in [-0.25, -0.2) is 4.98 Å². The third-order valence-electron chi connectivity index (χ3n) is 15.5. The Morgan fingerprint density at radius 1 is 0.553 bits per heavy atom. The zero-order chi connectivity index (χ0) is 53.2. The molecule has 0 fully saturated rings. The van der Waals surface area contributed by atoms with E-state index in [2.05, 4.69) is 294 Å². The number of benzene rings is 7. The maximum atomic E-state index is 7.40. The average molecular weight is 1180 g/mol. The smallest absolute Gasteiger partial charge is 0.135 e. The summed E-state index contributed by atoms with van der Waals surface area (Å²) < 4.78 is 9.67. The average Bonchev–Trinajstić information content (AvgIpc) is 4.02. The molecule has 0 amide bonds. The van der Waals surface area contributed by atoms with Gasteiger partial charge in [0, 0.05) is 66.5 Å². The zero-order valence-electron chi connectivity index (χ0n) is 46.9. The number of pyridine rings is 1. The molecule has 1 aliphatic heterocycles. The number of hydrogen-bond acceptors (Lipinski definition) is 4. The van der Waals surface area contributed by atoms with Crippen molar-refractivity contribution in [1.29, 1.82) is 0 Å². The third-order valence-corrected chi connectivity index (χ3v) is 15.5. The normalized spacial score (nSPS) is 13.5.